The molecule has 7 heteroatoms. The van der Waals surface area contributed by atoms with E-state index in [0.717, 1.165) is 6.20 Å². The predicted octanol–water partition coefficient (Wildman–Crippen LogP) is 0.789. The third kappa shape index (κ3) is 2.07. The Morgan fingerprint density at radius 3 is 2.88 bits per heavy atom. The van der Waals surface area contributed by atoms with Crippen LogP contribution in [0.3, 0.4) is 0 Å². The fraction of sp³-hybridized carbons (Fsp3) is 0.100. The van der Waals surface area contributed by atoms with Gasteiger partial charge in [-0.1, -0.05) is 0 Å². The molecule has 0 saturated heterocycles. The molecule has 88 valence electrons. The summed E-state index contributed by atoms with van der Waals surface area (Å²) in [7, 11) is 1.62. The quantitative estimate of drug-likeness (QED) is 0.805. The Bertz CT molecular complexity index is 546. The lowest BCUT2D eigenvalue weighted by atomic mass is 10.2. The van der Waals surface area contributed by atoms with Crippen LogP contribution < -0.4 is 11.1 Å². The molecular weight excluding hydrogens is 225 g/mol. The Hall–Kier alpha value is -2.44. The van der Waals surface area contributed by atoms with Gasteiger partial charge in [0.1, 0.15) is 0 Å². The van der Waals surface area contributed by atoms with Crippen molar-refractivity contribution in [1.29, 1.82) is 0 Å². The first-order valence-corrected chi connectivity index (χ1v) is 4.78. The summed E-state index contributed by atoms with van der Waals surface area (Å²) in [4.78, 5) is 15.3. The first kappa shape index (κ1) is 11.1. The second-order valence-electron chi connectivity index (χ2n) is 3.38. The van der Waals surface area contributed by atoms with Gasteiger partial charge >= 0.3 is 0 Å². The second kappa shape index (κ2) is 4.20. The van der Waals surface area contributed by atoms with Gasteiger partial charge in [0.05, 0.1) is 23.6 Å². The first-order valence-electron chi connectivity index (χ1n) is 4.78. The third-order valence-electron chi connectivity index (χ3n) is 2.22. The highest BCUT2D eigenvalue weighted by Crippen LogP contribution is 2.17. The van der Waals surface area contributed by atoms with Crippen molar-refractivity contribution in [3.05, 3.63) is 36.0 Å². The maximum Gasteiger partial charge on any atom is 0.259 e. The van der Waals surface area contributed by atoms with E-state index in [2.05, 4.69) is 15.4 Å². The van der Waals surface area contributed by atoms with Gasteiger partial charge in [-0.2, -0.15) is 5.10 Å². The second-order valence-corrected chi connectivity index (χ2v) is 3.38. The number of nitrogen functional groups attached to an aromatic ring is 1. The van der Waals surface area contributed by atoms with Crippen LogP contribution in [0.4, 0.5) is 15.9 Å². The maximum atomic E-state index is 13.3. The van der Waals surface area contributed by atoms with Crippen molar-refractivity contribution < 1.29 is 9.18 Å². The van der Waals surface area contributed by atoms with Crippen LogP contribution in [0.2, 0.25) is 0 Å². The summed E-state index contributed by atoms with van der Waals surface area (Å²) in [6, 6.07) is 1.29. The SMILES string of the molecule is Cn1ncc(N)c1NC(=O)c1ccncc1F. The zero-order valence-electron chi connectivity index (χ0n) is 9.01. The van der Waals surface area contributed by atoms with Crippen molar-refractivity contribution in [2.45, 2.75) is 0 Å². The molecule has 0 unspecified atom stereocenters. The third-order valence-corrected chi connectivity index (χ3v) is 2.22. The van der Waals surface area contributed by atoms with Gasteiger partial charge in [-0.25, -0.2) is 4.39 Å². The van der Waals surface area contributed by atoms with E-state index < -0.39 is 11.7 Å². The highest BCUT2D eigenvalue weighted by atomic mass is 19.1. The number of halogens is 1. The van der Waals surface area contributed by atoms with Gasteiger partial charge in [0.15, 0.2) is 11.6 Å². The van der Waals surface area contributed by atoms with E-state index in [1.807, 2.05) is 0 Å². The number of hydrogen-bond acceptors (Lipinski definition) is 4. The van der Waals surface area contributed by atoms with Gasteiger partial charge < -0.3 is 11.1 Å². The number of pyridine rings is 1. The average Bonchev–Trinajstić information content (AvgIpc) is 2.61. The Labute approximate surface area is 96.3 Å². The van der Waals surface area contributed by atoms with Crippen LogP contribution in [0, 0.1) is 5.82 Å². The first-order chi connectivity index (χ1) is 8.09. The number of nitrogens with two attached hydrogens (primary N) is 1. The van der Waals surface area contributed by atoms with Crippen molar-refractivity contribution in [3.8, 4) is 0 Å². The number of hydrogen-bond donors (Lipinski definition) is 2. The summed E-state index contributed by atoms with van der Waals surface area (Å²) in [6.07, 6.45) is 3.71. The van der Waals surface area contributed by atoms with Gasteiger partial charge in [-0.15, -0.1) is 0 Å². The maximum absolute atomic E-state index is 13.3. The van der Waals surface area contributed by atoms with E-state index in [0.29, 0.717) is 11.5 Å². The molecule has 2 aromatic rings. The molecule has 0 spiro atoms. The van der Waals surface area contributed by atoms with Crippen LogP contribution in [0.25, 0.3) is 0 Å². The van der Waals surface area contributed by atoms with E-state index >= 15 is 0 Å². The molecule has 0 saturated carbocycles. The fourth-order valence-corrected chi connectivity index (χ4v) is 1.34. The van der Waals surface area contributed by atoms with Crippen LogP contribution in [0.5, 0.6) is 0 Å². The van der Waals surface area contributed by atoms with Gasteiger partial charge in [-0.05, 0) is 6.07 Å². The molecule has 0 aliphatic carbocycles. The molecule has 1 amide bonds. The lowest BCUT2D eigenvalue weighted by molar-refractivity contribution is 0.102. The summed E-state index contributed by atoms with van der Waals surface area (Å²) < 4.78 is 14.7. The molecule has 3 N–H and O–H groups in total. The van der Waals surface area contributed by atoms with Crippen molar-refractivity contribution in [1.82, 2.24) is 14.8 Å². The van der Waals surface area contributed by atoms with Crippen LogP contribution in [0.15, 0.2) is 24.7 Å². The van der Waals surface area contributed by atoms with Gasteiger partial charge in [0, 0.05) is 13.2 Å². The molecule has 0 aromatic carbocycles. The molecule has 6 nitrogen and oxygen atoms in total. The summed E-state index contributed by atoms with van der Waals surface area (Å²) in [5, 5.41) is 6.34. The van der Waals surface area contributed by atoms with Crippen molar-refractivity contribution in [3.63, 3.8) is 0 Å². The minimum Gasteiger partial charge on any atom is -0.394 e. The molecule has 0 radical (unpaired) electrons. The molecule has 0 aliphatic heterocycles. The summed E-state index contributed by atoms with van der Waals surface area (Å²) in [5.74, 6) is -0.961. The van der Waals surface area contributed by atoms with E-state index in [4.69, 9.17) is 5.73 Å². The summed E-state index contributed by atoms with van der Waals surface area (Å²) in [6.45, 7) is 0. The Morgan fingerprint density at radius 2 is 2.29 bits per heavy atom. The standard InChI is InChI=1S/C10H10FN5O/c1-16-9(8(12)5-14-16)15-10(17)6-2-3-13-4-7(6)11/h2-5H,12H2,1H3,(H,15,17). The molecule has 0 fully saturated rings. The highest BCUT2D eigenvalue weighted by molar-refractivity contribution is 6.05. The Morgan fingerprint density at radius 1 is 1.53 bits per heavy atom. The molecule has 2 rings (SSSR count). The fourth-order valence-electron chi connectivity index (χ4n) is 1.34. The average molecular weight is 235 g/mol. The normalized spacial score (nSPS) is 10.2. The molecule has 0 bridgehead atoms. The molecular formula is C10H10FN5O. The number of carbonyl (C=O) groups is 1. The molecule has 0 atom stereocenters. The van der Waals surface area contributed by atoms with Crippen LogP contribution in [0.1, 0.15) is 10.4 Å². The van der Waals surface area contributed by atoms with Crippen LogP contribution in [-0.4, -0.2) is 20.7 Å². The number of anilines is 2. The van der Waals surface area contributed by atoms with Crippen molar-refractivity contribution in [2.24, 2.45) is 7.05 Å². The lowest BCUT2D eigenvalue weighted by Gasteiger charge is -2.06. The van der Waals surface area contributed by atoms with E-state index in [-0.39, 0.29) is 5.56 Å². The predicted molar refractivity (Wildman–Crippen MR) is 59.8 cm³/mol. The van der Waals surface area contributed by atoms with Crippen molar-refractivity contribution >= 4 is 17.4 Å². The number of aryl methyl sites for hydroxylation is 1. The minimum atomic E-state index is -0.689. The molecule has 17 heavy (non-hydrogen) atoms. The summed E-state index contributed by atoms with van der Waals surface area (Å²) >= 11 is 0. The van der Waals surface area contributed by atoms with Crippen LogP contribution in [-0.2, 0) is 7.05 Å². The number of rotatable bonds is 2. The Balaban J connectivity index is 2.27. The number of carbonyl (C=O) groups excluding carboxylic acids is 1. The molecule has 0 aliphatic rings. The molecule has 2 aromatic heterocycles. The number of nitrogens with zero attached hydrogens (tertiary/aromatic N) is 3. The topological polar surface area (TPSA) is 85.8 Å². The van der Waals surface area contributed by atoms with Gasteiger partial charge in [0.2, 0.25) is 0 Å². The summed E-state index contributed by atoms with van der Waals surface area (Å²) in [5.41, 5.74) is 5.82. The number of amides is 1. The van der Waals surface area contributed by atoms with Crippen LogP contribution >= 0.6 is 0 Å². The Kier molecular flexibility index (Phi) is 2.73. The largest absolute Gasteiger partial charge is 0.394 e. The van der Waals surface area contributed by atoms with E-state index in [1.165, 1.54) is 23.1 Å². The molecule has 2 heterocycles. The minimum absolute atomic E-state index is 0.0967. The zero-order valence-corrected chi connectivity index (χ0v) is 9.01. The lowest BCUT2D eigenvalue weighted by Crippen LogP contribution is -2.17. The van der Waals surface area contributed by atoms with Crippen molar-refractivity contribution in [2.75, 3.05) is 11.1 Å². The number of nitrogens with one attached hydrogen (secondary N) is 1. The van der Waals surface area contributed by atoms with E-state index in [9.17, 15) is 9.18 Å². The van der Waals surface area contributed by atoms with E-state index in [1.54, 1.807) is 7.05 Å². The highest BCUT2D eigenvalue weighted by Gasteiger charge is 2.14. The van der Waals surface area contributed by atoms with Gasteiger partial charge in [-0.3, -0.25) is 14.5 Å². The smallest absolute Gasteiger partial charge is 0.259 e. The zero-order chi connectivity index (χ0) is 12.4. The number of aromatic nitrogens is 3. The monoisotopic (exact) mass is 235 g/mol. The van der Waals surface area contributed by atoms with Gasteiger partial charge in [0.25, 0.3) is 5.91 Å².